The number of rotatable bonds is 4. The van der Waals surface area contributed by atoms with Crippen LogP contribution in [-0.4, -0.2) is 44.5 Å². The normalized spacial score (nSPS) is 20.8. The van der Waals surface area contributed by atoms with Crippen molar-refractivity contribution in [1.82, 2.24) is 24.9 Å². The summed E-state index contributed by atoms with van der Waals surface area (Å²) in [5.74, 6) is 0.598. The van der Waals surface area contributed by atoms with Gasteiger partial charge in [-0.1, -0.05) is 0 Å². The quantitative estimate of drug-likeness (QED) is 0.938. The lowest BCUT2D eigenvalue weighted by Gasteiger charge is -2.32. The van der Waals surface area contributed by atoms with E-state index in [9.17, 15) is 0 Å². The highest BCUT2D eigenvalue weighted by molar-refractivity contribution is 9.10. The van der Waals surface area contributed by atoms with Crippen LogP contribution in [0.4, 0.5) is 0 Å². The summed E-state index contributed by atoms with van der Waals surface area (Å²) in [6.07, 6.45) is 8.22. The Morgan fingerprint density at radius 2 is 2.37 bits per heavy atom. The van der Waals surface area contributed by atoms with Gasteiger partial charge in [0, 0.05) is 37.1 Å². The smallest absolute Gasteiger partial charge is 0.0632 e. The van der Waals surface area contributed by atoms with Crippen molar-refractivity contribution in [2.24, 2.45) is 0 Å². The van der Waals surface area contributed by atoms with Gasteiger partial charge in [-0.15, -0.1) is 0 Å². The zero-order valence-electron chi connectivity index (χ0n) is 10.8. The number of piperidine rings is 1. The van der Waals surface area contributed by atoms with Gasteiger partial charge in [-0.25, -0.2) is 0 Å². The second-order valence-corrected chi connectivity index (χ2v) is 5.99. The predicted molar refractivity (Wildman–Crippen MR) is 76.9 cm³/mol. The first-order chi connectivity index (χ1) is 9.31. The number of nitrogens with one attached hydrogen (secondary N) is 1. The molecule has 1 aliphatic rings. The van der Waals surface area contributed by atoms with Crippen LogP contribution >= 0.6 is 15.9 Å². The number of likely N-dealkylation sites (tertiary alicyclic amines) is 1. The summed E-state index contributed by atoms with van der Waals surface area (Å²) >= 11 is 3.43. The maximum Gasteiger partial charge on any atom is 0.0632 e. The van der Waals surface area contributed by atoms with Gasteiger partial charge in [-0.3, -0.25) is 9.78 Å². The first-order valence-corrected chi connectivity index (χ1v) is 7.50. The second-order valence-electron chi connectivity index (χ2n) is 5.07. The van der Waals surface area contributed by atoms with E-state index >= 15 is 0 Å². The minimum atomic E-state index is 0.598. The lowest BCUT2D eigenvalue weighted by atomic mass is 9.95. The van der Waals surface area contributed by atoms with Crippen molar-refractivity contribution in [3.63, 3.8) is 0 Å². The van der Waals surface area contributed by atoms with Crippen molar-refractivity contribution in [2.45, 2.75) is 25.3 Å². The van der Waals surface area contributed by atoms with E-state index in [-0.39, 0.29) is 0 Å². The SMILES string of the molecule is Brc1cnn(CCN2CCCC(c3ccn[nH]3)C2)c1. The summed E-state index contributed by atoms with van der Waals surface area (Å²) in [6, 6.07) is 2.10. The Labute approximate surface area is 121 Å². The molecule has 1 unspecified atom stereocenters. The van der Waals surface area contributed by atoms with Crippen LogP contribution in [0.3, 0.4) is 0 Å². The molecular weight excluding hydrogens is 306 g/mol. The second kappa shape index (κ2) is 5.88. The van der Waals surface area contributed by atoms with E-state index in [4.69, 9.17) is 0 Å². The van der Waals surface area contributed by atoms with Gasteiger partial charge in [0.05, 0.1) is 17.2 Å². The molecule has 1 fully saturated rings. The zero-order chi connectivity index (χ0) is 13.1. The molecule has 0 radical (unpaired) electrons. The van der Waals surface area contributed by atoms with Crippen molar-refractivity contribution >= 4 is 15.9 Å². The highest BCUT2D eigenvalue weighted by atomic mass is 79.9. The molecule has 0 saturated carbocycles. The molecular formula is C13H18BrN5. The molecule has 19 heavy (non-hydrogen) atoms. The molecule has 1 aliphatic heterocycles. The van der Waals surface area contributed by atoms with Gasteiger partial charge in [0.25, 0.3) is 0 Å². The molecule has 1 saturated heterocycles. The number of aromatic amines is 1. The summed E-state index contributed by atoms with van der Waals surface area (Å²) in [4.78, 5) is 2.52. The standard InChI is InChI=1S/C13H18BrN5/c14-12-8-16-19(10-12)7-6-18-5-1-2-11(9-18)13-3-4-15-17-13/h3-4,8,10-11H,1-2,5-7,9H2,(H,15,17). The summed E-state index contributed by atoms with van der Waals surface area (Å²) < 4.78 is 3.03. The lowest BCUT2D eigenvalue weighted by molar-refractivity contribution is 0.197. The van der Waals surface area contributed by atoms with Gasteiger partial charge in [-0.2, -0.15) is 10.2 Å². The molecule has 102 valence electrons. The molecule has 0 aliphatic carbocycles. The van der Waals surface area contributed by atoms with Crippen molar-refractivity contribution in [3.05, 3.63) is 34.8 Å². The van der Waals surface area contributed by atoms with Crippen molar-refractivity contribution in [2.75, 3.05) is 19.6 Å². The Hall–Kier alpha value is -1.14. The molecule has 5 nitrogen and oxygen atoms in total. The highest BCUT2D eigenvalue weighted by Crippen LogP contribution is 2.24. The van der Waals surface area contributed by atoms with E-state index in [0.717, 1.165) is 24.1 Å². The van der Waals surface area contributed by atoms with Crippen molar-refractivity contribution < 1.29 is 0 Å². The first-order valence-electron chi connectivity index (χ1n) is 6.71. The van der Waals surface area contributed by atoms with Crippen LogP contribution in [0.1, 0.15) is 24.5 Å². The Balaban J connectivity index is 1.54. The summed E-state index contributed by atoms with van der Waals surface area (Å²) in [5.41, 5.74) is 1.27. The fraction of sp³-hybridized carbons (Fsp3) is 0.538. The predicted octanol–water partition coefficient (Wildman–Crippen LogP) is 2.25. The van der Waals surface area contributed by atoms with Crippen molar-refractivity contribution in [3.8, 4) is 0 Å². The van der Waals surface area contributed by atoms with Crippen LogP contribution < -0.4 is 0 Å². The maximum absolute atomic E-state index is 4.30. The molecule has 0 spiro atoms. The minimum Gasteiger partial charge on any atom is -0.301 e. The molecule has 0 amide bonds. The van der Waals surface area contributed by atoms with Crippen LogP contribution in [0.25, 0.3) is 0 Å². The molecule has 1 N–H and O–H groups in total. The summed E-state index contributed by atoms with van der Waals surface area (Å²) in [5, 5.41) is 11.5. The van der Waals surface area contributed by atoms with Gasteiger partial charge in [0.2, 0.25) is 0 Å². The summed E-state index contributed by atoms with van der Waals surface area (Å²) in [6.45, 7) is 4.30. The minimum absolute atomic E-state index is 0.598. The monoisotopic (exact) mass is 323 g/mol. The fourth-order valence-corrected chi connectivity index (χ4v) is 3.04. The number of aromatic nitrogens is 4. The molecule has 2 aromatic heterocycles. The Kier molecular flexibility index (Phi) is 3.98. The van der Waals surface area contributed by atoms with Crippen LogP contribution in [0.5, 0.6) is 0 Å². The zero-order valence-corrected chi connectivity index (χ0v) is 12.4. The van der Waals surface area contributed by atoms with Crippen LogP contribution in [0.15, 0.2) is 29.1 Å². The third kappa shape index (κ3) is 3.25. The number of nitrogens with zero attached hydrogens (tertiary/aromatic N) is 4. The third-order valence-electron chi connectivity index (χ3n) is 3.71. The molecule has 0 aromatic carbocycles. The molecule has 3 heterocycles. The van der Waals surface area contributed by atoms with E-state index in [2.05, 4.69) is 42.2 Å². The van der Waals surface area contributed by atoms with Gasteiger partial charge in [-0.05, 0) is 41.4 Å². The van der Waals surface area contributed by atoms with Gasteiger partial charge < -0.3 is 4.90 Å². The van der Waals surface area contributed by atoms with E-state index < -0.39 is 0 Å². The van der Waals surface area contributed by atoms with E-state index in [0.29, 0.717) is 5.92 Å². The maximum atomic E-state index is 4.30. The van der Waals surface area contributed by atoms with Gasteiger partial charge >= 0.3 is 0 Å². The lowest BCUT2D eigenvalue weighted by Crippen LogP contribution is -2.36. The topological polar surface area (TPSA) is 49.7 Å². The number of halogens is 1. The molecule has 1 atom stereocenters. The van der Waals surface area contributed by atoms with Crippen LogP contribution in [0.2, 0.25) is 0 Å². The molecule has 2 aromatic rings. The number of H-pyrrole nitrogens is 1. The Morgan fingerprint density at radius 1 is 1.42 bits per heavy atom. The van der Waals surface area contributed by atoms with Crippen LogP contribution in [0, 0.1) is 0 Å². The van der Waals surface area contributed by atoms with E-state index in [1.54, 1.807) is 0 Å². The third-order valence-corrected chi connectivity index (χ3v) is 4.12. The molecule has 6 heteroatoms. The van der Waals surface area contributed by atoms with E-state index in [1.807, 2.05) is 23.3 Å². The first kappa shape index (κ1) is 12.9. The fourth-order valence-electron chi connectivity index (χ4n) is 2.71. The van der Waals surface area contributed by atoms with Gasteiger partial charge in [0.1, 0.15) is 0 Å². The largest absolute Gasteiger partial charge is 0.301 e. The number of hydrogen-bond donors (Lipinski definition) is 1. The Bertz CT molecular complexity index is 507. The summed E-state index contributed by atoms with van der Waals surface area (Å²) in [7, 11) is 0. The van der Waals surface area contributed by atoms with Crippen LogP contribution in [-0.2, 0) is 6.54 Å². The number of hydrogen-bond acceptors (Lipinski definition) is 3. The highest BCUT2D eigenvalue weighted by Gasteiger charge is 2.21. The average Bonchev–Trinajstić information content (AvgIpc) is 3.08. The van der Waals surface area contributed by atoms with E-state index in [1.165, 1.54) is 25.1 Å². The van der Waals surface area contributed by atoms with Crippen molar-refractivity contribution in [1.29, 1.82) is 0 Å². The van der Waals surface area contributed by atoms with Gasteiger partial charge in [0.15, 0.2) is 0 Å². The Morgan fingerprint density at radius 3 is 3.11 bits per heavy atom. The average molecular weight is 324 g/mol. The molecule has 0 bridgehead atoms. The molecule has 3 rings (SSSR count).